The summed E-state index contributed by atoms with van der Waals surface area (Å²) in [5.74, 6) is 0.630. The molecule has 0 spiro atoms. The summed E-state index contributed by atoms with van der Waals surface area (Å²) in [6.07, 6.45) is 5.37. The monoisotopic (exact) mass is 280 g/mol. The lowest BCUT2D eigenvalue weighted by molar-refractivity contribution is 0.935. The standard InChI is InChI=1S/C15H16N6/c1-4-16-15-17-9-12(11(3)19-15)10(2)13-6-8-21-14(20-13)5-7-18-21/h5-9H,2,4H2,1,3H3,(H,16,17,19). The predicted molar refractivity (Wildman–Crippen MR) is 82.1 cm³/mol. The molecule has 0 unspecified atom stereocenters. The first-order valence-corrected chi connectivity index (χ1v) is 6.76. The van der Waals surface area contributed by atoms with Crippen LogP contribution >= 0.6 is 0 Å². The molecule has 1 N–H and O–H groups in total. The highest BCUT2D eigenvalue weighted by molar-refractivity contribution is 5.77. The van der Waals surface area contributed by atoms with Crippen molar-refractivity contribution < 1.29 is 0 Å². The van der Waals surface area contributed by atoms with Crippen molar-refractivity contribution in [2.75, 3.05) is 11.9 Å². The van der Waals surface area contributed by atoms with Gasteiger partial charge in [-0.2, -0.15) is 5.10 Å². The van der Waals surface area contributed by atoms with Crippen molar-refractivity contribution in [1.82, 2.24) is 24.6 Å². The van der Waals surface area contributed by atoms with E-state index in [-0.39, 0.29) is 0 Å². The molecule has 106 valence electrons. The third-order valence-electron chi connectivity index (χ3n) is 3.21. The van der Waals surface area contributed by atoms with Crippen LogP contribution < -0.4 is 5.32 Å². The lowest BCUT2D eigenvalue weighted by Gasteiger charge is -2.10. The maximum Gasteiger partial charge on any atom is 0.222 e. The first kappa shape index (κ1) is 13.2. The zero-order valence-corrected chi connectivity index (χ0v) is 12.0. The molecule has 0 amide bonds. The molecule has 0 aliphatic rings. The molecular weight excluding hydrogens is 264 g/mol. The van der Waals surface area contributed by atoms with Crippen molar-refractivity contribution in [2.45, 2.75) is 13.8 Å². The Hall–Kier alpha value is -2.76. The van der Waals surface area contributed by atoms with E-state index in [0.29, 0.717) is 5.95 Å². The van der Waals surface area contributed by atoms with Gasteiger partial charge in [0.05, 0.1) is 17.6 Å². The SMILES string of the molecule is C=C(c1ccn2nccc2n1)c1cnc(NCC)nc1C. The molecular formula is C15H16N6. The Kier molecular flexibility index (Phi) is 3.35. The molecule has 0 aliphatic carbocycles. The summed E-state index contributed by atoms with van der Waals surface area (Å²) in [5, 5.41) is 7.23. The molecule has 0 aliphatic heterocycles. The molecule has 3 aromatic rings. The molecule has 21 heavy (non-hydrogen) atoms. The Balaban J connectivity index is 1.97. The third-order valence-corrected chi connectivity index (χ3v) is 3.21. The van der Waals surface area contributed by atoms with E-state index in [1.165, 1.54) is 0 Å². The van der Waals surface area contributed by atoms with Crippen LogP contribution in [0, 0.1) is 6.92 Å². The number of aryl methyl sites for hydroxylation is 1. The molecule has 3 aromatic heterocycles. The van der Waals surface area contributed by atoms with Crippen LogP contribution in [0.5, 0.6) is 0 Å². The summed E-state index contributed by atoms with van der Waals surface area (Å²) in [5.41, 5.74) is 4.16. The average Bonchev–Trinajstić information content (AvgIpc) is 2.94. The lowest BCUT2D eigenvalue weighted by atomic mass is 10.1. The second kappa shape index (κ2) is 5.32. The molecule has 6 heteroatoms. The van der Waals surface area contributed by atoms with Gasteiger partial charge in [-0.1, -0.05) is 6.58 Å². The van der Waals surface area contributed by atoms with E-state index in [9.17, 15) is 0 Å². The molecule has 6 nitrogen and oxygen atoms in total. The van der Waals surface area contributed by atoms with E-state index in [2.05, 4.69) is 31.9 Å². The molecule has 0 aromatic carbocycles. The predicted octanol–water partition coefficient (Wildman–Crippen LogP) is 2.32. The van der Waals surface area contributed by atoms with Crippen molar-refractivity contribution in [3.63, 3.8) is 0 Å². The summed E-state index contributed by atoms with van der Waals surface area (Å²) in [7, 11) is 0. The average molecular weight is 280 g/mol. The van der Waals surface area contributed by atoms with Gasteiger partial charge >= 0.3 is 0 Å². The lowest BCUT2D eigenvalue weighted by Crippen LogP contribution is -2.05. The van der Waals surface area contributed by atoms with Gasteiger partial charge in [0.25, 0.3) is 0 Å². The fourth-order valence-corrected chi connectivity index (χ4v) is 2.13. The first-order valence-electron chi connectivity index (χ1n) is 6.76. The van der Waals surface area contributed by atoms with Crippen molar-refractivity contribution in [3.05, 3.63) is 54.3 Å². The van der Waals surface area contributed by atoms with Crippen molar-refractivity contribution in [1.29, 1.82) is 0 Å². The van der Waals surface area contributed by atoms with Gasteiger partial charge in [-0.05, 0) is 19.9 Å². The van der Waals surface area contributed by atoms with Gasteiger partial charge in [0.2, 0.25) is 5.95 Å². The second-order valence-corrected chi connectivity index (χ2v) is 4.65. The van der Waals surface area contributed by atoms with Crippen molar-refractivity contribution in [2.24, 2.45) is 0 Å². The molecule has 0 saturated carbocycles. The van der Waals surface area contributed by atoms with Gasteiger partial charge in [0, 0.05) is 36.1 Å². The number of nitrogens with one attached hydrogen (secondary N) is 1. The maximum absolute atomic E-state index is 4.54. The van der Waals surface area contributed by atoms with Crippen LogP contribution in [0.3, 0.4) is 0 Å². The third kappa shape index (κ3) is 2.47. The molecule has 0 fully saturated rings. The number of hydrogen-bond donors (Lipinski definition) is 1. The Bertz CT molecular complexity index is 805. The van der Waals surface area contributed by atoms with E-state index in [1.54, 1.807) is 16.9 Å². The molecule has 3 rings (SSSR count). The topological polar surface area (TPSA) is 68.0 Å². The minimum atomic E-state index is 0.630. The van der Waals surface area contributed by atoms with Crippen molar-refractivity contribution >= 4 is 17.2 Å². The number of aromatic nitrogens is 5. The maximum atomic E-state index is 4.54. The van der Waals surface area contributed by atoms with Crippen LogP contribution in [0.25, 0.3) is 11.2 Å². The fourth-order valence-electron chi connectivity index (χ4n) is 2.13. The Labute approximate surface area is 122 Å². The van der Waals surface area contributed by atoms with E-state index in [4.69, 9.17) is 0 Å². The largest absolute Gasteiger partial charge is 0.354 e. The highest BCUT2D eigenvalue weighted by Crippen LogP contribution is 2.22. The molecule has 0 radical (unpaired) electrons. The molecule has 0 bridgehead atoms. The second-order valence-electron chi connectivity index (χ2n) is 4.65. The Morgan fingerprint density at radius 1 is 1.33 bits per heavy atom. The summed E-state index contributed by atoms with van der Waals surface area (Å²) in [6.45, 7) is 8.88. The van der Waals surface area contributed by atoms with Crippen LogP contribution in [-0.4, -0.2) is 31.1 Å². The highest BCUT2D eigenvalue weighted by Gasteiger charge is 2.10. The van der Waals surface area contributed by atoms with E-state index in [0.717, 1.165) is 34.7 Å². The molecule has 0 saturated heterocycles. The van der Waals surface area contributed by atoms with Crippen LogP contribution in [0.2, 0.25) is 0 Å². The number of hydrogen-bond acceptors (Lipinski definition) is 5. The number of nitrogens with zero attached hydrogens (tertiary/aromatic N) is 5. The fraction of sp³-hybridized carbons (Fsp3) is 0.200. The van der Waals surface area contributed by atoms with Gasteiger partial charge in [-0.25, -0.2) is 19.5 Å². The smallest absolute Gasteiger partial charge is 0.222 e. The summed E-state index contributed by atoms with van der Waals surface area (Å²) in [6, 6.07) is 3.74. The number of fused-ring (bicyclic) bond motifs is 1. The zero-order chi connectivity index (χ0) is 14.8. The summed E-state index contributed by atoms with van der Waals surface area (Å²) < 4.78 is 1.72. The first-order chi connectivity index (χ1) is 10.2. The van der Waals surface area contributed by atoms with Gasteiger partial charge in [0.1, 0.15) is 0 Å². The van der Waals surface area contributed by atoms with Crippen LogP contribution in [0.1, 0.15) is 23.9 Å². The van der Waals surface area contributed by atoms with E-state index >= 15 is 0 Å². The zero-order valence-electron chi connectivity index (χ0n) is 12.0. The van der Waals surface area contributed by atoms with Crippen LogP contribution in [-0.2, 0) is 0 Å². The number of anilines is 1. The van der Waals surface area contributed by atoms with Gasteiger partial charge in [-0.15, -0.1) is 0 Å². The minimum Gasteiger partial charge on any atom is -0.354 e. The Morgan fingerprint density at radius 3 is 2.95 bits per heavy atom. The van der Waals surface area contributed by atoms with E-state index < -0.39 is 0 Å². The quantitative estimate of drug-likeness (QED) is 0.794. The van der Waals surface area contributed by atoms with Gasteiger partial charge in [-0.3, -0.25) is 0 Å². The van der Waals surface area contributed by atoms with Crippen LogP contribution in [0.15, 0.2) is 37.3 Å². The summed E-state index contributed by atoms with van der Waals surface area (Å²) >= 11 is 0. The van der Waals surface area contributed by atoms with E-state index in [1.807, 2.05) is 32.2 Å². The number of rotatable bonds is 4. The van der Waals surface area contributed by atoms with Gasteiger partial charge in [0.15, 0.2) is 5.65 Å². The normalized spacial score (nSPS) is 10.8. The highest BCUT2D eigenvalue weighted by atomic mass is 15.2. The Morgan fingerprint density at radius 2 is 2.19 bits per heavy atom. The van der Waals surface area contributed by atoms with Crippen LogP contribution in [0.4, 0.5) is 5.95 Å². The summed E-state index contributed by atoms with van der Waals surface area (Å²) in [4.78, 5) is 13.3. The van der Waals surface area contributed by atoms with Crippen molar-refractivity contribution in [3.8, 4) is 0 Å². The van der Waals surface area contributed by atoms with Gasteiger partial charge < -0.3 is 5.32 Å². The molecule has 3 heterocycles. The minimum absolute atomic E-state index is 0.630. The molecule has 0 atom stereocenters.